The molecule has 20 heavy (non-hydrogen) atoms. The molecule has 4 heteroatoms. The van der Waals surface area contributed by atoms with Gasteiger partial charge in [0, 0.05) is 12.6 Å². The van der Waals surface area contributed by atoms with Crippen molar-refractivity contribution in [3.05, 3.63) is 64.9 Å². The number of fused-ring (bicyclic) bond motifs is 1. The summed E-state index contributed by atoms with van der Waals surface area (Å²) in [5.41, 5.74) is 2.12. The molecular formula is C16H15FN2S. The van der Waals surface area contributed by atoms with Gasteiger partial charge in [-0.1, -0.05) is 24.3 Å². The number of hydrogen-bond donors (Lipinski definition) is 1. The second-order valence-corrected chi connectivity index (χ2v) is 5.84. The molecule has 0 radical (unpaired) electrons. The molecule has 2 aromatic carbocycles. The van der Waals surface area contributed by atoms with Crippen LogP contribution in [0.15, 0.2) is 48.5 Å². The topological polar surface area (TPSA) is 24.9 Å². The number of rotatable bonds is 4. The summed E-state index contributed by atoms with van der Waals surface area (Å²) in [6, 6.07) is 14.9. The Bertz CT molecular complexity index is 673. The Balaban J connectivity index is 1.68. The van der Waals surface area contributed by atoms with Crippen molar-refractivity contribution in [1.82, 2.24) is 10.3 Å². The van der Waals surface area contributed by atoms with Crippen LogP contribution in [0.25, 0.3) is 10.2 Å². The van der Waals surface area contributed by atoms with Gasteiger partial charge in [0.2, 0.25) is 0 Å². The number of thiazole rings is 1. The molecule has 3 aromatic rings. The van der Waals surface area contributed by atoms with Crippen LogP contribution >= 0.6 is 11.3 Å². The maximum absolute atomic E-state index is 12.9. The van der Waals surface area contributed by atoms with Crippen molar-refractivity contribution in [2.24, 2.45) is 0 Å². The van der Waals surface area contributed by atoms with Gasteiger partial charge in [-0.05, 0) is 36.8 Å². The first-order valence-electron chi connectivity index (χ1n) is 6.55. The molecular weight excluding hydrogens is 271 g/mol. The summed E-state index contributed by atoms with van der Waals surface area (Å²) in [5.74, 6) is -0.202. The minimum absolute atomic E-state index is 0.169. The van der Waals surface area contributed by atoms with Gasteiger partial charge in [-0.2, -0.15) is 0 Å². The quantitative estimate of drug-likeness (QED) is 0.774. The Hall–Kier alpha value is -1.78. The molecule has 0 amide bonds. The number of halogens is 1. The Labute approximate surface area is 121 Å². The van der Waals surface area contributed by atoms with Gasteiger partial charge in [0.15, 0.2) is 0 Å². The van der Waals surface area contributed by atoms with Crippen LogP contribution in [-0.4, -0.2) is 4.98 Å². The molecule has 1 atom stereocenters. The average Bonchev–Trinajstić information content (AvgIpc) is 2.88. The SMILES string of the molecule is CC(NCc1nc2ccccc2s1)c1ccc(F)cc1. The smallest absolute Gasteiger partial charge is 0.123 e. The van der Waals surface area contributed by atoms with Crippen LogP contribution in [0, 0.1) is 5.82 Å². The second-order valence-electron chi connectivity index (χ2n) is 4.73. The van der Waals surface area contributed by atoms with Crippen molar-refractivity contribution in [1.29, 1.82) is 0 Å². The lowest BCUT2D eigenvalue weighted by Gasteiger charge is -2.12. The molecule has 102 valence electrons. The Kier molecular flexibility index (Phi) is 3.76. The van der Waals surface area contributed by atoms with E-state index in [9.17, 15) is 4.39 Å². The Morgan fingerprint density at radius 2 is 1.90 bits per heavy atom. The zero-order valence-electron chi connectivity index (χ0n) is 11.1. The van der Waals surface area contributed by atoms with Gasteiger partial charge in [0.05, 0.1) is 10.2 Å². The van der Waals surface area contributed by atoms with E-state index < -0.39 is 0 Å². The third-order valence-electron chi connectivity index (χ3n) is 3.27. The minimum atomic E-state index is -0.202. The number of hydrogen-bond acceptors (Lipinski definition) is 3. The molecule has 0 fully saturated rings. The van der Waals surface area contributed by atoms with Crippen LogP contribution in [0.5, 0.6) is 0 Å². The fraction of sp³-hybridized carbons (Fsp3) is 0.188. The number of nitrogens with zero attached hydrogens (tertiary/aromatic N) is 1. The van der Waals surface area contributed by atoms with Crippen LogP contribution < -0.4 is 5.32 Å². The molecule has 0 saturated carbocycles. The number of aromatic nitrogens is 1. The normalized spacial score (nSPS) is 12.7. The van der Waals surface area contributed by atoms with E-state index in [1.165, 1.54) is 16.8 Å². The van der Waals surface area contributed by atoms with Gasteiger partial charge in [0.25, 0.3) is 0 Å². The molecule has 0 aliphatic rings. The average molecular weight is 286 g/mol. The summed E-state index contributed by atoms with van der Waals surface area (Å²) < 4.78 is 14.1. The van der Waals surface area contributed by atoms with Gasteiger partial charge in [-0.15, -0.1) is 11.3 Å². The first kappa shape index (κ1) is 13.2. The largest absolute Gasteiger partial charge is 0.304 e. The highest BCUT2D eigenvalue weighted by Gasteiger charge is 2.07. The number of nitrogens with one attached hydrogen (secondary N) is 1. The van der Waals surface area contributed by atoms with Crippen molar-refractivity contribution in [3.63, 3.8) is 0 Å². The Morgan fingerprint density at radius 3 is 2.65 bits per heavy atom. The molecule has 2 nitrogen and oxygen atoms in total. The molecule has 3 rings (SSSR count). The monoisotopic (exact) mass is 286 g/mol. The lowest BCUT2D eigenvalue weighted by atomic mass is 10.1. The first-order chi connectivity index (χ1) is 9.72. The van der Waals surface area contributed by atoms with Crippen LogP contribution in [0.3, 0.4) is 0 Å². The standard InChI is InChI=1S/C16H15FN2S/c1-11(12-6-8-13(17)9-7-12)18-10-16-19-14-4-2-3-5-15(14)20-16/h2-9,11,18H,10H2,1H3. The Morgan fingerprint density at radius 1 is 1.15 bits per heavy atom. The third-order valence-corrected chi connectivity index (χ3v) is 4.30. The molecule has 1 unspecified atom stereocenters. The summed E-state index contributed by atoms with van der Waals surface area (Å²) in [6.45, 7) is 2.79. The van der Waals surface area contributed by atoms with Crippen LogP contribution in [0.4, 0.5) is 4.39 Å². The van der Waals surface area contributed by atoms with E-state index in [0.717, 1.165) is 22.6 Å². The summed E-state index contributed by atoms with van der Waals surface area (Å²) in [4.78, 5) is 4.59. The van der Waals surface area contributed by atoms with E-state index in [2.05, 4.69) is 23.3 Å². The van der Waals surface area contributed by atoms with Crippen LogP contribution in [0.2, 0.25) is 0 Å². The fourth-order valence-electron chi connectivity index (χ4n) is 2.11. The first-order valence-corrected chi connectivity index (χ1v) is 7.37. The highest BCUT2D eigenvalue weighted by Crippen LogP contribution is 2.22. The summed E-state index contributed by atoms with van der Waals surface area (Å²) in [7, 11) is 0. The summed E-state index contributed by atoms with van der Waals surface area (Å²) >= 11 is 1.70. The predicted octanol–water partition coefficient (Wildman–Crippen LogP) is 4.29. The molecule has 1 N–H and O–H groups in total. The van der Waals surface area contributed by atoms with Gasteiger partial charge in [0.1, 0.15) is 10.8 Å². The molecule has 1 aromatic heterocycles. The number of para-hydroxylation sites is 1. The van der Waals surface area contributed by atoms with E-state index in [4.69, 9.17) is 0 Å². The van der Waals surface area contributed by atoms with E-state index in [1.807, 2.05) is 30.3 Å². The van der Waals surface area contributed by atoms with E-state index >= 15 is 0 Å². The van der Waals surface area contributed by atoms with Crippen molar-refractivity contribution < 1.29 is 4.39 Å². The zero-order valence-corrected chi connectivity index (χ0v) is 12.0. The maximum atomic E-state index is 12.9. The molecule has 0 aliphatic heterocycles. The molecule has 1 heterocycles. The van der Waals surface area contributed by atoms with E-state index in [-0.39, 0.29) is 11.9 Å². The van der Waals surface area contributed by atoms with Crippen molar-refractivity contribution in [3.8, 4) is 0 Å². The zero-order chi connectivity index (χ0) is 13.9. The molecule has 0 saturated heterocycles. The second kappa shape index (κ2) is 5.69. The van der Waals surface area contributed by atoms with Crippen LogP contribution in [-0.2, 0) is 6.54 Å². The van der Waals surface area contributed by atoms with Gasteiger partial charge in [-0.3, -0.25) is 0 Å². The van der Waals surface area contributed by atoms with Crippen molar-refractivity contribution in [2.45, 2.75) is 19.5 Å². The molecule has 0 bridgehead atoms. The van der Waals surface area contributed by atoms with Crippen molar-refractivity contribution >= 4 is 21.6 Å². The summed E-state index contributed by atoms with van der Waals surface area (Å²) in [5, 5.41) is 4.49. The van der Waals surface area contributed by atoms with Gasteiger partial charge >= 0.3 is 0 Å². The van der Waals surface area contributed by atoms with Gasteiger partial charge in [-0.25, -0.2) is 9.37 Å². The highest BCUT2D eigenvalue weighted by molar-refractivity contribution is 7.18. The minimum Gasteiger partial charge on any atom is -0.304 e. The molecule has 0 aliphatic carbocycles. The summed E-state index contributed by atoms with van der Waals surface area (Å²) in [6.07, 6.45) is 0. The lowest BCUT2D eigenvalue weighted by molar-refractivity contribution is 0.570. The maximum Gasteiger partial charge on any atom is 0.123 e. The predicted molar refractivity (Wildman–Crippen MR) is 81.3 cm³/mol. The molecule has 0 spiro atoms. The van der Waals surface area contributed by atoms with Crippen LogP contribution in [0.1, 0.15) is 23.5 Å². The highest BCUT2D eigenvalue weighted by atomic mass is 32.1. The van der Waals surface area contributed by atoms with E-state index in [1.54, 1.807) is 11.3 Å². The number of benzene rings is 2. The van der Waals surface area contributed by atoms with Gasteiger partial charge < -0.3 is 5.32 Å². The third kappa shape index (κ3) is 2.86. The lowest BCUT2D eigenvalue weighted by Crippen LogP contribution is -2.17. The van der Waals surface area contributed by atoms with E-state index in [0.29, 0.717) is 0 Å². The fourth-order valence-corrected chi connectivity index (χ4v) is 3.02. The van der Waals surface area contributed by atoms with Crippen molar-refractivity contribution in [2.75, 3.05) is 0 Å².